The van der Waals surface area contributed by atoms with Crippen LogP contribution >= 0.6 is 11.3 Å². The Morgan fingerprint density at radius 3 is 2.74 bits per heavy atom. The Hall–Kier alpha value is -2.45. The largest absolute Gasteiger partial charge is 0.369 e. The molecule has 0 bridgehead atoms. The van der Waals surface area contributed by atoms with Gasteiger partial charge in [-0.2, -0.15) is 0 Å². The lowest BCUT2D eigenvalue weighted by molar-refractivity contribution is -0.385. The molecule has 7 nitrogen and oxygen atoms in total. The molecule has 0 radical (unpaired) electrons. The number of ether oxygens (including phenoxy) is 1. The van der Waals surface area contributed by atoms with E-state index in [4.69, 9.17) is 4.74 Å². The number of nitrogens with zero attached hydrogens (tertiary/aromatic N) is 3. The molecule has 142 valence electrons. The predicted octanol–water partition coefficient (Wildman–Crippen LogP) is 3.47. The number of likely N-dealkylation sites (tertiary alicyclic amines) is 1. The molecule has 8 heteroatoms. The Balaban J connectivity index is 1.62. The maximum Gasteiger partial charge on any atom is 0.282 e. The summed E-state index contributed by atoms with van der Waals surface area (Å²) in [5.74, 6) is -0.246. The number of carbonyl (C=O) groups excluding carboxylic acids is 1. The number of benzene rings is 1. The quantitative estimate of drug-likeness (QED) is 0.593. The Kier molecular flexibility index (Phi) is 5.09. The van der Waals surface area contributed by atoms with Gasteiger partial charge in [-0.1, -0.05) is 6.07 Å². The highest BCUT2D eigenvalue weighted by atomic mass is 32.1. The first-order valence-corrected chi connectivity index (χ1v) is 9.99. The molecule has 0 saturated carbocycles. The monoisotopic (exact) mass is 387 g/mol. The van der Waals surface area contributed by atoms with Crippen LogP contribution in [0.4, 0.5) is 11.4 Å². The number of morpholine rings is 1. The molecule has 1 aromatic carbocycles. The average Bonchev–Trinajstić information content (AvgIpc) is 3.41. The molecule has 1 unspecified atom stereocenters. The van der Waals surface area contributed by atoms with Crippen LogP contribution in [0.15, 0.2) is 35.7 Å². The van der Waals surface area contributed by atoms with Gasteiger partial charge < -0.3 is 14.5 Å². The van der Waals surface area contributed by atoms with Crippen molar-refractivity contribution >= 4 is 28.6 Å². The van der Waals surface area contributed by atoms with Gasteiger partial charge in [0.05, 0.1) is 11.5 Å². The topological polar surface area (TPSA) is 75.9 Å². The molecule has 2 aromatic rings. The molecule has 2 fully saturated rings. The highest BCUT2D eigenvalue weighted by Gasteiger charge is 2.29. The molecule has 27 heavy (non-hydrogen) atoms. The van der Waals surface area contributed by atoms with Crippen molar-refractivity contribution in [3.8, 4) is 0 Å². The SMILES string of the molecule is O=C(c1cc(N2CCOC(c3cccs3)C2)ccc1[N+](=O)[O-])N1CCCC1. The molecule has 2 saturated heterocycles. The molecular formula is C19H21N3O4S. The summed E-state index contributed by atoms with van der Waals surface area (Å²) in [6, 6.07) is 8.91. The molecule has 3 heterocycles. The van der Waals surface area contributed by atoms with Crippen molar-refractivity contribution in [2.75, 3.05) is 37.7 Å². The summed E-state index contributed by atoms with van der Waals surface area (Å²) in [5.41, 5.74) is 0.880. The number of nitro benzene ring substituents is 1. The van der Waals surface area contributed by atoms with Crippen molar-refractivity contribution in [1.82, 2.24) is 4.90 Å². The van der Waals surface area contributed by atoms with E-state index in [1.165, 1.54) is 6.07 Å². The van der Waals surface area contributed by atoms with Gasteiger partial charge in [-0.15, -0.1) is 11.3 Å². The summed E-state index contributed by atoms with van der Waals surface area (Å²) < 4.78 is 5.88. The number of thiophene rings is 1. The first kappa shape index (κ1) is 17.9. The van der Waals surface area contributed by atoms with Gasteiger partial charge in [-0.3, -0.25) is 14.9 Å². The van der Waals surface area contributed by atoms with Gasteiger partial charge in [0.1, 0.15) is 11.7 Å². The number of rotatable bonds is 4. The Morgan fingerprint density at radius 1 is 1.22 bits per heavy atom. The number of nitro groups is 1. The van der Waals surface area contributed by atoms with Gasteiger partial charge in [0.2, 0.25) is 0 Å². The molecule has 1 atom stereocenters. The number of carbonyl (C=O) groups is 1. The van der Waals surface area contributed by atoms with Crippen molar-refractivity contribution in [2.45, 2.75) is 18.9 Å². The molecule has 2 aliphatic heterocycles. The molecule has 0 spiro atoms. The maximum absolute atomic E-state index is 12.8. The second kappa shape index (κ2) is 7.66. The molecule has 1 amide bonds. The Bertz CT molecular complexity index is 833. The molecule has 4 rings (SSSR count). The number of hydrogen-bond donors (Lipinski definition) is 0. The summed E-state index contributed by atoms with van der Waals surface area (Å²) in [6.07, 6.45) is 1.88. The third-order valence-electron chi connectivity index (χ3n) is 5.09. The first-order chi connectivity index (χ1) is 13.1. The minimum Gasteiger partial charge on any atom is -0.369 e. The fourth-order valence-corrected chi connectivity index (χ4v) is 4.44. The van der Waals surface area contributed by atoms with Crippen LogP contribution in [0.2, 0.25) is 0 Å². The van der Waals surface area contributed by atoms with Gasteiger partial charge in [-0.05, 0) is 36.4 Å². The highest BCUT2D eigenvalue weighted by molar-refractivity contribution is 7.10. The number of amides is 1. The van der Waals surface area contributed by atoms with Crippen LogP contribution in [-0.2, 0) is 4.74 Å². The Labute approximate surface area is 161 Å². The van der Waals surface area contributed by atoms with Gasteiger partial charge in [0.25, 0.3) is 11.6 Å². The van der Waals surface area contributed by atoms with E-state index in [0.717, 1.165) is 23.4 Å². The Morgan fingerprint density at radius 2 is 2.04 bits per heavy atom. The van der Waals surface area contributed by atoms with Gasteiger partial charge in [-0.25, -0.2) is 0 Å². The average molecular weight is 387 g/mol. The highest BCUT2D eigenvalue weighted by Crippen LogP contribution is 2.32. The molecule has 1 aromatic heterocycles. The van der Waals surface area contributed by atoms with Crippen molar-refractivity contribution < 1.29 is 14.5 Å². The number of hydrogen-bond acceptors (Lipinski definition) is 6. The van der Waals surface area contributed by atoms with Gasteiger partial charge >= 0.3 is 0 Å². The fraction of sp³-hybridized carbons (Fsp3) is 0.421. The van der Waals surface area contributed by atoms with Crippen LogP contribution in [-0.4, -0.2) is 48.5 Å². The van der Waals surface area contributed by atoms with E-state index < -0.39 is 4.92 Å². The third kappa shape index (κ3) is 3.68. The standard InChI is InChI=1S/C19H21N3O4S/c23-19(20-7-1-2-8-20)15-12-14(5-6-16(15)22(24)25)21-9-10-26-17(13-21)18-4-3-11-27-18/h3-6,11-12,17H,1-2,7-10,13H2. The second-order valence-electron chi connectivity index (χ2n) is 6.78. The van der Waals surface area contributed by atoms with Crippen molar-refractivity contribution in [2.24, 2.45) is 0 Å². The summed E-state index contributed by atoms with van der Waals surface area (Å²) in [5, 5.41) is 13.5. The van der Waals surface area contributed by atoms with Crippen LogP contribution in [0, 0.1) is 10.1 Å². The number of anilines is 1. The predicted molar refractivity (Wildman–Crippen MR) is 103 cm³/mol. The van der Waals surface area contributed by atoms with E-state index in [9.17, 15) is 14.9 Å². The zero-order chi connectivity index (χ0) is 18.8. The van der Waals surface area contributed by atoms with E-state index in [0.29, 0.717) is 32.8 Å². The lowest BCUT2D eigenvalue weighted by atomic mass is 10.1. The van der Waals surface area contributed by atoms with Crippen LogP contribution in [0.5, 0.6) is 0 Å². The zero-order valence-electron chi connectivity index (χ0n) is 14.9. The zero-order valence-corrected chi connectivity index (χ0v) is 15.7. The van der Waals surface area contributed by atoms with E-state index >= 15 is 0 Å². The van der Waals surface area contributed by atoms with Crippen molar-refractivity contribution in [1.29, 1.82) is 0 Å². The van der Waals surface area contributed by atoms with Gasteiger partial charge in [0.15, 0.2) is 0 Å². The van der Waals surface area contributed by atoms with Crippen molar-refractivity contribution in [3.05, 3.63) is 56.3 Å². The fourth-order valence-electron chi connectivity index (χ4n) is 3.67. The molecule has 0 aliphatic carbocycles. The normalized spacial score (nSPS) is 20.1. The van der Waals surface area contributed by atoms with Crippen LogP contribution < -0.4 is 4.90 Å². The first-order valence-electron chi connectivity index (χ1n) is 9.11. The lowest BCUT2D eigenvalue weighted by Crippen LogP contribution is -2.38. The lowest BCUT2D eigenvalue weighted by Gasteiger charge is -2.34. The smallest absolute Gasteiger partial charge is 0.282 e. The second-order valence-corrected chi connectivity index (χ2v) is 7.76. The summed E-state index contributed by atoms with van der Waals surface area (Å²) >= 11 is 1.66. The molecular weight excluding hydrogens is 366 g/mol. The minimum atomic E-state index is -0.471. The van der Waals surface area contributed by atoms with Crippen molar-refractivity contribution in [3.63, 3.8) is 0 Å². The van der Waals surface area contributed by atoms with E-state index in [-0.39, 0.29) is 23.3 Å². The van der Waals surface area contributed by atoms with E-state index in [1.807, 2.05) is 11.4 Å². The summed E-state index contributed by atoms with van der Waals surface area (Å²) in [4.78, 5) is 28.8. The molecule has 2 aliphatic rings. The van der Waals surface area contributed by atoms with E-state index in [2.05, 4.69) is 11.0 Å². The van der Waals surface area contributed by atoms with Crippen LogP contribution in [0.1, 0.15) is 34.2 Å². The van der Waals surface area contributed by atoms with Gasteiger partial charge in [0, 0.05) is 42.8 Å². The summed E-state index contributed by atoms with van der Waals surface area (Å²) in [7, 11) is 0. The van der Waals surface area contributed by atoms with E-state index in [1.54, 1.807) is 28.4 Å². The maximum atomic E-state index is 12.8. The third-order valence-corrected chi connectivity index (χ3v) is 6.06. The molecule has 0 N–H and O–H groups in total. The van der Waals surface area contributed by atoms with Crippen LogP contribution in [0.3, 0.4) is 0 Å². The van der Waals surface area contributed by atoms with Crippen LogP contribution in [0.25, 0.3) is 0 Å². The minimum absolute atomic E-state index is 0.0216. The summed E-state index contributed by atoms with van der Waals surface area (Å²) in [6.45, 7) is 3.26.